The SMILES string of the molecule is CC(C)[C@H](NC(=O)[C@@H]1CCCN1C(=O)[C@H](CCCN=C(N)N)NC(=O)[C@H](S)NC(=O)[C@H](Cc1c[nH]c2ccccc12)NC(=O)[C@H](CCCN=C(N)N)NC(=O)[C@@H](Cc1ccccc1)NC(=O)[C@H](Cc1c[nH]cn1)NC(=O)[C@H](CCC(=O)O)NC(=O)[C@H](S)NC(=O)[C@H](S)NC(=O)CN1CCN(CC(=O)O)CCN(CC(=O)O)CCN(CC(=O)O)CC1)C(N)=O. The first-order chi connectivity index (χ1) is 58.3. The van der Waals surface area contributed by atoms with Crippen LogP contribution in [-0.2, 0) is 96.0 Å². The Kier molecular flexibility index (Phi) is 41.1. The van der Waals surface area contributed by atoms with Gasteiger partial charge in [0, 0.05) is 121 Å². The van der Waals surface area contributed by atoms with E-state index in [9.17, 15) is 82.8 Å². The quantitative estimate of drug-likeness (QED) is 0.00642. The minimum absolute atomic E-state index is 0.00181. The van der Waals surface area contributed by atoms with Crippen molar-refractivity contribution >= 4 is 155 Å². The highest BCUT2D eigenvalue weighted by molar-refractivity contribution is 7.82. The Hall–Kier alpha value is -11.9. The van der Waals surface area contributed by atoms with E-state index in [2.05, 4.69) is 116 Å². The number of aromatic nitrogens is 3. The van der Waals surface area contributed by atoms with Crippen molar-refractivity contribution in [3.8, 4) is 0 Å². The third-order valence-corrected chi connectivity index (χ3v) is 20.8. The second-order valence-electron chi connectivity index (χ2n) is 29.6. The molecular weight excluding hydrogens is 1670 g/mol. The van der Waals surface area contributed by atoms with Gasteiger partial charge in [-0.3, -0.25) is 106 Å². The number of aliphatic imine (C=N–C) groups is 2. The van der Waals surface area contributed by atoms with Gasteiger partial charge in [0.25, 0.3) is 17.7 Å². The number of carboxylic acid groups (broad SMARTS) is 4. The molecule has 0 aliphatic carbocycles. The van der Waals surface area contributed by atoms with Crippen LogP contribution in [0.25, 0.3) is 10.9 Å². The van der Waals surface area contributed by atoms with E-state index in [-0.39, 0.29) is 141 Å². The van der Waals surface area contributed by atoms with E-state index in [1.807, 2.05) is 0 Å². The fourth-order valence-corrected chi connectivity index (χ4v) is 14.0. The molecular formula is C75H111N25O20S3. The molecule has 0 unspecified atom stereocenters. The van der Waals surface area contributed by atoms with E-state index in [4.69, 9.17) is 28.7 Å². The van der Waals surface area contributed by atoms with E-state index >= 15 is 14.4 Å². The molecule has 6 rings (SSSR count). The molecule has 2 aliphatic heterocycles. The van der Waals surface area contributed by atoms with Gasteiger partial charge in [-0.1, -0.05) is 62.4 Å². The number of H-pyrrole nitrogens is 2. The van der Waals surface area contributed by atoms with E-state index in [0.717, 1.165) is 0 Å². The number of carbonyl (C=O) groups excluding carboxylic acids is 12. The summed E-state index contributed by atoms with van der Waals surface area (Å²) in [6.45, 7) is 2.30. The van der Waals surface area contributed by atoms with Crippen molar-refractivity contribution in [2.45, 2.75) is 149 Å². The zero-order chi connectivity index (χ0) is 90.6. The predicted octanol–water partition coefficient (Wildman–Crippen LogP) is -6.99. The van der Waals surface area contributed by atoms with Gasteiger partial charge in [0.05, 0.1) is 38.2 Å². The zero-order valence-electron chi connectivity index (χ0n) is 67.9. The number of primary amides is 1. The number of carbonyl (C=O) groups is 16. The molecule has 0 bridgehead atoms. The van der Waals surface area contributed by atoms with Crippen LogP contribution < -0.4 is 81.8 Å². The largest absolute Gasteiger partial charge is 0.481 e. The molecule has 2 fully saturated rings. The van der Waals surface area contributed by atoms with Crippen LogP contribution in [0.15, 0.2) is 83.3 Å². The van der Waals surface area contributed by atoms with Gasteiger partial charge < -0.3 is 117 Å². The summed E-state index contributed by atoms with van der Waals surface area (Å²) in [7, 11) is 0. The number of aliphatic carboxylic acids is 4. The average molecular weight is 1780 g/mol. The Balaban J connectivity index is 1.21. The number of para-hydroxylation sites is 1. The van der Waals surface area contributed by atoms with Gasteiger partial charge in [0.15, 0.2) is 28.0 Å². The number of hydrogen-bond acceptors (Lipinski definition) is 26. The van der Waals surface area contributed by atoms with Crippen molar-refractivity contribution in [3.63, 3.8) is 0 Å². The maximum Gasteiger partial charge on any atom is 0.317 e. The summed E-state index contributed by atoms with van der Waals surface area (Å²) in [5.41, 5.74) is 29.8. The Morgan fingerprint density at radius 3 is 1.41 bits per heavy atom. The molecule has 2 aromatic carbocycles. The van der Waals surface area contributed by atoms with Gasteiger partial charge in [0.2, 0.25) is 53.2 Å². The fraction of sp³-hybridized carbons (Fsp3) is 0.533. The molecule has 2 aromatic heterocycles. The van der Waals surface area contributed by atoms with Gasteiger partial charge in [-0.05, 0) is 68.1 Å². The molecule has 2 aliphatic rings. The minimum Gasteiger partial charge on any atom is -0.481 e. The van der Waals surface area contributed by atoms with Gasteiger partial charge in [-0.25, -0.2) is 4.98 Å². The highest BCUT2D eigenvalue weighted by Crippen LogP contribution is 2.23. The molecule has 2 saturated heterocycles. The fourth-order valence-electron chi connectivity index (χ4n) is 13.4. The van der Waals surface area contributed by atoms with Crippen LogP contribution in [-0.4, -0.2) is 329 Å². The number of nitrogens with zero attached hydrogens (tertiary/aromatic N) is 8. The second kappa shape index (κ2) is 50.5. The Morgan fingerprint density at radius 1 is 0.480 bits per heavy atom. The molecule has 12 amide bonds. The molecule has 0 radical (unpaired) electrons. The Labute approximate surface area is 723 Å². The number of carboxylic acids is 4. The summed E-state index contributed by atoms with van der Waals surface area (Å²) < 4.78 is 0. The smallest absolute Gasteiger partial charge is 0.317 e. The molecule has 0 saturated carbocycles. The average Bonchev–Trinajstić information content (AvgIpc) is 1.71. The number of imidazole rings is 1. The van der Waals surface area contributed by atoms with E-state index in [1.54, 1.807) is 84.4 Å². The zero-order valence-corrected chi connectivity index (χ0v) is 70.6. The highest BCUT2D eigenvalue weighted by atomic mass is 32.1. The van der Waals surface area contributed by atoms with Crippen molar-refractivity contribution in [1.29, 1.82) is 0 Å². The molecule has 45 nitrogen and oxygen atoms in total. The second-order valence-corrected chi connectivity index (χ2v) is 31.2. The number of amides is 12. The molecule has 4 heterocycles. The first-order valence-corrected chi connectivity index (χ1v) is 41.0. The van der Waals surface area contributed by atoms with Gasteiger partial charge in [-0.2, -0.15) is 0 Å². The number of fused-ring (bicyclic) bond motifs is 1. The van der Waals surface area contributed by atoms with Crippen molar-refractivity contribution in [1.82, 2.24) is 92.6 Å². The lowest BCUT2D eigenvalue weighted by Crippen LogP contribution is -2.61. The minimum atomic E-state index is -1.85. The van der Waals surface area contributed by atoms with Crippen LogP contribution in [0.5, 0.6) is 0 Å². The normalized spacial score (nSPS) is 16.8. The molecule has 26 N–H and O–H groups in total. The van der Waals surface area contributed by atoms with Crippen LogP contribution in [0.1, 0.15) is 82.0 Å². The summed E-state index contributed by atoms with van der Waals surface area (Å²) >= 11 is 12.9. The number of aromatic amines is 2. The monoisotopic (exact) mass is 1780 g/mol. The van der Waals surface area contributed by atoms with Crippen molar-refractivity contribution in [2.24, 2.45) is 44.6 Å². The number of benzene rings is 2. The lowest BCUT2D eigenvalue weighted by atomic mass is 10.0. The predicted molar refractivity (Wildman–Crippen MR) is 455 cm³/mol. The number of nitrogens with two attached hydrogens (primary N) is 5. The number of hydrogen-bond donors (Lipinski definition) is 24. The maximum absolute atomic E-state index is 15.2. The molecule has 0 spiro atoms. The highest BCUT2D eigenvalue weighted by Gasteiger charge is 2.41. The Morgan fingerprint density at radius 2 is 0.911 bits per heavy atom. The third kappa shape index (κ3) is 34.9. The number of nitrogens with one attached hydrogen (secondary N) is 12. The van der Waals surface area contributed by atoms with Crippen LogP contribution in [0.2, 0.25) is 0 Å². The molecule has 48 heteroatoms. The van der Waals surface area contributed by atoms with Crippen molar-refractivity contribution in [2.75, 3.05) is 98.2 Å². The maximum atomic E-state index is 15.2. The summed E-state index contributed by atoms with van der Waals surface area (Å²) in [5, 5.41) is 59.3. The number of guanidine groups is 2. The molecule has 674 valence electrons. The van der Waals surface area contributed by atoms with Gasteiger partial charge >= 0.3 is 23.9 Å². The topological polar surface area (TPSA) is 690 Å². The first-order valence-electron chi connectivity index (χ1n) is 39.5. The molecule has 4 aromatic rings. The van der Waals surface area contributed by atoms with E-state index in [0.29, 0.717) is 28.5 Å². The van der Waals surface area contributed by atoms with Gasteiger partial charge in [0.1, 0.15) is 48.3 Å². The summed E-state index contributed by atoms with van der Waals surface area (Å²) in [6, 6.07) is 3.35. The lowest BCUT2D eigenvalue weighted by Gasteiger charge is -2.33. The van der Waals surface area contributed by atoms with Crippen molar-refractivity contribution in [3.05, 3.63) is 90.1 Å². The molecule has 123 heavy (non-hydrogen) atoms. The molecule has 11 atom stereocenters. The summed E-state index contributed by atoms with van der Waals surface area (Å²) in [6.07, 6.45) is 2.21. The Bertz CT molecular complexity index is 4340. The summed E-state index contributed by atoms with van der Waals surface area (Å²) in [5.74, 6) is -17.4. The third-order valence-electron chi connectivity index (χ3n) is 19.8. The first kappa shape index (κ1) is 100.0. The van der Waals surface area contributed by atoms with E-state index in [1.165, 1.54) is 27.2 Å². The van der Waals surface area contributed by atoms with Crippen LogP contribution in [0.4, 0.5) is 0 Å². The van der Waals surface area contributed by atoms with Crippen LogP contribution in [0.3, 0.4) is 0 Å². The standard InChI is InChI=1S/C75H111N25O20S3/c1-41(2)59(60(76)110)93-66(116)53-17-10-22-100(53)73(120)49(16-9-21-83-75(79)80)88-68(118)71(122)94-65(115)51(32-43-34-84-46-14-7-6-13-45(43)46)90-61(111)47(15-8-20-82-74(77)78)86-63(113)50(31-42-11-4-3-5-12-42)89-64(114)52(33-44-35-81-40-85-44)91-62(112)48(18-19-55(102)103)87-67(117)72(123)95-69(119)70(121)92-54(101)36-96-23-25-97(37-56(104)105)27-29-99(39-58(108)109)30-28-98(26-24-96)38-57(106)107/h3-7,11-14,34-35,40-41,47-53,59,70-72,84,121-123H,8-10,15-33,36-39H2,1-2H3,(H2,76,110)(H,81,85)(H,86,113)(H,87,117)(H,88,118)(H,89,114)(H,90,111)(H,91,112)(H,92,101)(H,93,116)(H,94,115)(H,95,119)(H,102,103)(H,104,105)(H,106,107)(H,108,109)(H4,77,78,82)(H4,79,80,83)/t47-,48-,49-,50+,51-,52-,53-,59-,70-,71-,72-/m0/s1. The van der Waals surface area contributed by atoms with Crippen LogP contribution >= 0.6 is 37.9 Å². The number of rotatable bonds is 47. The van der Waals surface area contributed by atoms with Gasteiger partial charge in [-0.15, -0.1) is 37.9 Å². The van der Waals surface area contributed by atoms with E-state index < -0.39 is 204 Å². The lowest BCUT2D eigenvalue weighted by molar-refractivity contribution is -0.142. The number of thiol groups is 3. The number of likely N-dealkylation sites (tertiary alicyclic amines) is 1. The van der Waals surface area contributed by atoms with Crippen molar-refractivity contribution < 1.29 is 97.1 Å². The van der Waals surface area contributed by atoms with Crippen LogP contribution in [0, 0.1) is 5.92 Å². The summed E-state index contributed by atoms with van der Waals surface area (Å²) in [4.78, 5) is 244.